The Morgan fingerprint density at radius 1 is 1.22 bits per heavy atom. The molecule has 92 valence electrons. The average molecular weight is 244 g/mol. The van der Waals surface area contributed by atoms with E-state index in [1.54, 1.807) is 6.07 Å². The van der Waals surface area contributed by atoms with Crippen LogP contribution in [-0.2, 0) is 11.3 Å². The van der Waals surface area contributed by atoms with Crippen molar-refractivity contribution < 1.29 is 4.79 Å². The van der Waals surface area contributed by atoms with Crippen molar-refractivity contribution in [2.24, 2.45) is 5.84 Å². The van der Waals surface area contributed by atoms with Gasteiger partial charge < -0.3 is 0 Å². The van der Waals surface area contributed by atoms with Crippen molar-refractivity contribution in [2.75, 3.05) is 0 Å². The van der Waals surface area contributed by atoms with Gasteiger partial charge in [-0.05, 0) is 6.07 Å². The lowest BCUT2D eigenvalue weighted by Gasteiger charge is -2.06. The van der Waals surface area contributed by atoms with Gasteiger partial charge in [0.1, 0.15) is 6.54 Å². The van der Waals surface area contributed by atoms with Crippen LogP contribution in [0, 0.1) is 0 Å². The van der Waals surface area contributed by atoms with Gasteiger partial charge in [-0.25, -0.2) is 10.5 Å². The Morgan fingerprint density at radius 2 is 1.94 bits per heavy atom. The number of hydrogen-bond acceptors (Lipinski definition) is 4. The van der Waals surface area contributed by atoms with E-state index in [1.807, 2.05) is 35.8 Å². The van der Waals surface area contributed by atoms with Crippen molar-refractivity contribution in [3.63, 3.8) is 0 Å². The van der Waals surface area contributed by atoms with Crippen LogP contribution in [0.15, 0.2) is 47.3 Å². The molecule has 0 aliphatic heterocycles. The molecule has 6 heteroatoms. The number of hydrogen-bond donors (Lipinski definition) is 2. The van der Waals surface area contributed by atoms with Crippen LogP contribution in [0.3, 0.4) is 0 Å². The normalized spacial score (nSPS) is 10.1. The molecule has 0 saturated heterocycles. The zero-order valence-corrected chi connectivity index (χ0v) is 9.54. The van der Waals surface area contributed by atoms with E-state index in [2.05, 4.69) is 5.10 Å². The summed E-state index contributed by atoms with van der Waals surface area (Å²) in [5.74, 6) is 4.50. The number of nitrogens with zero attached hydrogens (tertiary/aromatic N) is 2. The fraction of sp³-hybridized carbons (Fsp3) is 0.0833. The number of rotatable bonds is 3. The molecule has 0 radical (unpaired) electrons. The summed E-state index contributed by atoms with van der Waals surface area (Å²) < 4.78 is 1.07. The standard InChI is InChI=1S/C12H12N4O2/c13-14-11(17)8-16-12(18)7-6-10(15-16)9-4-2-1-3-5-9/h1-7H,8,13H2,(H,14,17). The van der Waals surface area contributed by atoms with E-state index in [0.29, 0.717) is 5.69 Å². The molecule has 0 aliphatic carbocycles. The molecule has 0 aliphatic rings. The quantitative estimate of drug-likeness (QED) is 0.448. The van der Waals surface area contributed by atoms with E-state index >= 15 is 0 Å². The summed E-state index contributed by atoms with van der Waals surface area (Å²) in [5.41, 5.74) is 3.11. The Balaban J connectivity index is 2.38. The van der Waals surface area contributed by atoms with Crippen molar-refractivity contribution in [3.05, 3.63) is 52.8 Å². The predicted molar refractivity (Wildman–Crippen MR) is 66.3 cm³/mol. The van der Waals surface area contributed by atoms with Crippen LogP contribution in [0.2, 0.25) is 0 Å². The molecule has 0 saturated carbocycles. The van der Waals surface area contributed by atoms with Gasteiger partial charge in [0.05, 0.1) is 5.69 Å². The highest BCUT2D eigenvalue weighted by molar-refractivity contribution is 5.74. The lowest BCUT2D eigenvalue weighted by atomic mass is 10.1. The number of aromatic nitrogens is 2. The van der Waals surface area contributed by atoms with Crippen LogP contribution in [0.5, 0.6) is 0 Å². The highest BCUT2D eigenvalue weighted by atomic mass is 16.2. The molecule has 0 spiro atoms. The number of nitrogens with one attached hydrogen (secondary N) is 1. The third-order valence-electron chi connectivity index (χ3n) is 2.39. The number of hydrazine groups is 1. The molecular formula is C12H12N4O2. The molecule has 1 aromatic carbocycles. The zero-order valence-electron chi connectivity index (χ0n) is 9.54. The van der Waals surface area contributed by atoms with Gasteiger partial charge in [0.25, 0.3) is 11.5 Å². The van der Waals surface area contributed by atoms with Crippen molar-refractivity contribution in [3.8, 4) is 11.3 Å². The second-order valence-electron chi connectivity index (χ2n) is 3.65. The van der Waals surface area contributed by atoms with Gasteiger partial charge >= 0.3 is 0 Å². The minimum Gasteiger partial charge on any atom is -0.293 e. The molecule has 0 atom stereocenters. The summed E-state index contributed by atoms with van der Waals surface area (Å²) in [5, 5.41) is 4.12. The van der Waals surface area contributed by atoms with E-state index in [9.17, 15) is 9.59 Å². The van der Waals surface area contributed by atoms with Crippen LogP contribution < -0.4 is 16.8 Å². The van der Waals surface area contributed by atoms with Crippen LogP contribution in [0.4, 0.5) is 0 Å². The predicted octanol–water partition coefficient (Wildman–Crippen LogP) is -0.0998. The maximum atomic E-state index is 11.5. The minimum atomic E-state index is -0.477. The Hall–Kier alpha value is -2.47. The molecule has 1 amide bonds. The van der Waals surface area contributed by atoms with E-state index in [1.165, 1.54) is 6.07 Å². The summed E-state index contributed by atoms with van der Waals surface area (Å²) in [7, 11) is 0. The SMILES string of the molecule is NNC(=O)Cn1nc(-c2ccccc2)ccc1=O. The lowest BCUT2D eigenvalue weighted by molar-refractivity contribution is -0.121. The Morgan fingerprint density at radius 3 is 2.61 bits per heavy atom. The smallest absolute Gasteiger partial charge is 0.267 e. The molecule has 1 aromatic heterocycles. The maximum Gasteiger partial charge on any atom is 0.267 e. The Labute approximate surface area is 103 Å². The number of carbonyl (C=O) groups excluding carboxylic acids is 1. The van der Waals surface area contributed by atoms with E-state index in [0.717, 1.165) is 10.2 Å². The molecule has 2 aromatic rings. The molecule has 0 fully saturated rings. The molecular weight excluding hydrogens is 232 g/mol. The zero-order chi connectivity index (χ0) is 13.0. The molecule has 3 N–H and O–H groups in total. The summed E-state index contributed by atoms with van der Waals surface area (Å²) >= 11 is 0. The summed E-state index contributed by atoms with van der Waals surface area (Å²) in [4.78, 5) is 22.7. The molecule has 0 unspecified atom stereocenters. The van der Waals surface area contributed by atoms with Crippen LogP contribution in [0.25, 0.3) is 11.3 Å². The molecule has 6 nitrogen and oxygen atoms in total. The molecule has 18 heavy (non-hydrogen) atoms. The third-order valence-corrected chi connectivity index (χ3v) is 2.39. The summed E-state index contributed by atoms with van der Waals surface area (Å²) in [6.45, 7) is -0.198. The Bertz CT molecular complexity index is 607. The number of carbonyl (C=O) groups is 1. The average Bonchev–Trinajstić information content (AvgIpc) is 2.42. The van der Waals surface area contributed by atoms with Gasteiger partial charge in [0, 0.05) is 11.6 Å². The Kier molecular flexibility index (Phi) is 3.49. The fourth-order valence-electron chi connectivity index (χ4n) is 1.51. The molecule has 0 bridgehead atoms. The topological polar surface area (TPSA) is 90.0 Å². The molecule has 1 heterocycles. The van der Waals surface area contributed by atoms with Crippen molar-refractivity contribution >= 4 is 5.91 Å². The first-order valence-corrected chi connectivity index (χ1v) is 5.34. The van der Waals surface area contributed by atoms with Crippen molar-refractivity contribution in [1.29, 1.82) is 0 Å². The van der Waals surface area contributed by atoms with E-state index in [4.69, 9.17) is 5.84 Å². The molecule has 2 rings (SSSR count). The number of nitrogens with two attached hydrogens (primary N) is 1. The summed E-state index contributed by atoms with van der Waals surface area (Å²) in [6.07, 6.45) is 0. The second kappa shape index (κ2) is 5.24. The van der Waals surface area contributed by atoms with Gasteiger partial charge in [-0.15, -0.1) is 0 Å². The van der Waals surface area contributed by atoms with Gasteiger partial charge in [-0.1, -0.05) is 30.3 Å². The van der Waals surface area contributed by atoms with Crippen molar-refractivity contribution in [2.45, 2.75) is 6.54 Å². The van der Waals surface area contributed by atoms with Crippen LogP contribution >= 0.6 is 0 Å². The van der Waals surface area contributed by atoms with Crippen LogP contribution in [0.1, 0.15) is 0 Å². The van der Waals surface area contributed by atoms with Crippen molar-refractivity contribution in [1.82, 2.24) is 15.2 Å². The van der Waals surface area contributed by atoms with E-state index < -0.39 is 5.91 Å². The van der Waals surface area contributed by atoms with E-state index in [-0.39, 0.29) is 12.1 Å². The van der Waals surface area contributed by atoms with Gasteiger partial charge in [0.2, 0.25) is 0 Å². The lowest BCUT2D eigenvalue weighted by Crippen LogP contribution is -2.37. The monoisotopic (exact) mass is 244 g/mol. The fourth-order valence-corrected chi connectivity index (χ4v) is 1.51. The van der Waals surface area contributed by atoms with Gasteiger partial charge in [0.15, 0.2) is 0 Å². The van der Waals surface area contributed by atoms with Gasteiger partial charge in [-0.3, -0.25) is 15.0 Å². The minimum absolute atomic E-state index is 0.198. The largest absolute Gasteiger partial charge is 0.293 e. The second-order valence-corrected chi connectivity index (χ2v) is 3.65. The van der Waals surface area contributed by atoms with Gasteiger partial charge in [-0.2, -0.15) is 5.10 Å². The number of benzene rings is 1. The first-order chi connectivity index (χ1) is 8.70. The first kappa shape index (κ1) is 12.0. The highest BCUT2D eigenvalue weighted by Crippen LogP contribution is 2.13. The number of amides is 1. The van der Waals surface area contributed by atoms with Crippen LogP contribution in [-0.4, -0.2) is 15.7 Å². The first-order valence-electron chi connectivity index (χ1n) is 5.34. The third kappa shape index (κ3) is 2.61. The maximum absolute atomic E-state index is 11.5. The highest BCUT2D eigenvalue weighted by Gasteiger charge is 2.06. The summed E-state index contributed by atoms with van der Waals surface area (Å²) in [6, 6.07) is 12.4.